The lowest BCUT2D eigenvalue weighted by Gasteiger charge is -2.23. The van der Waals surface area contributed by atoms with Crippen LogP contribution < -0.4 is 19.7 Å². The molecule has 2 N–H and O–H groups in total. The lowest BCUT2D eigenvalue weighted by Crippen LogP contribution is -3.12. The molecule has 2 aromatic rings. The molecule has 0 saturated carbocycles. The monoisotopic (exact) mass is 391 g/mol. The van der Waals surface area contributed by atoms with Crippen LogP contribution in [0.3, 0.4) is 0 Å². The number of carbonyl (C=O) groups excluding carboxylic acids is 1. The number of methoxy groups -OCH3 is 2. The number of likely N-dealkylation sites (N-methyl/N-ethyl adjacent to an activating group) is 1. The van der Waals surface area contributed by atoms with Gasteiger partial charge >= 0.3 is 0 Å². The summed E-state index contributed by atoms with van der Waals surface area (Å²) in [5.41, 5.74) is 3.94. The molecule has 2 atom stereocenters. The summed E-state index contributed by atoms with van der Waals surface area (Å²) in [5.74, 6) is 1.35. The molecule has 0 aromatic heterocycles. The summed E-state index contributed by atoms with van der Waals surface area (Å²) in [6.07, 6.45) is 0. The third kappa shape index (κ3) is 5.15. The Morgan fingerprint density at radius 1 is 1.11 bits per heavy atom. The van der Waals surface area contributed by atoms with Crippen LogP contribution in [0.15, 0.2) is 30.3 Å². The highest BCUT2D eigenvalue weighted by Crippen LogP contribution is 2.30. The number of benzene rings is 2. The number of quaternary nitrogens is 1. The van der Waals surface area contributed by atoms with Crippen molar-refractivity contribution in [3.8, 4) is 11.5 Å². The summed E-state index contributed by atoms with van der Waals surface area (Å²) in [4.78, 5) is 13.8. The second-order valence-electron chi connectivity index (χ2n) is 6.83. The van der Waals surface area contributed by atoms with Crippen molar-refractivity contribution < 1.29 is 19.2 Å². The van der Waals surface area contributed by atoms with E-state index in [1.165, 1.54) is 0 Å². The summed E-state index contributed by atoms with van der Waals surface area (Å²) in [6, 6.07) is 9.18. The van der Waals surface area contributed by atoms with E-state index < -0.39 is 0 Å². The molecule has 2 aromatic carbocycles. The first kappa shape index (κ1) is 21.1. The third-order valence-corrected chi connectivity index (χ3v) is 5.14. The molecule has 0 spiro atoms. The Morgan fingerprint density at radius 3 is 2.37 bits per heavy atom. The Hall–Kier alpha value is -2.24. The van der Waals surface area contributed by atoms with Gasteiger partial charge in [-0.3, -0.25) is 4.79 Å². The molecule has 5 nitrogen and oxygen atoms in total. The van der Waals surface area contributed by atoms with Gasteiger partial charge in [0, 0.05) is 16.3 Å². The summed E-state index contributed by atoms with van der Waals surface area (Å²) in [6.45, 7) is 6.58. The fourth-order valence-corrected chi connectivity index (χ4v) is 3.03. The van der Waals surface area contributed by atoms with Gasteiger partial charge in [0.15, 0.2) is 17.5 Å². The molecule has 0 saturated heterocycles. The molecule has 0 aliphatic heterocycles. The minimum atomic E-state index is -0.240. The Morgan fingerprint density at radius 2 is 1.74 bits per heavy atom. The maximum atomic E-state index is 12.7. The normalized spacial score (nSPS) is 13.0. The van der Waals surface area contributed by atoms with Crippen LogP contribution in [0.4, 0.5) is 5.69 Å². The maximum Gasteiger partial charge on any atom is 0.282 e. The van der Waals surface area contributed by atoms with Gasteiger partial charge in [0.25, 0.3) is 5.91 Å². The summed E-state index contributed by atoms with van der Waals surface area (Å²) < 4.78 is 10.7. The average Bonchev–Trinajstić information content (AvgIpc) is 2.65. The van der Waals surface area contributed by atoms with E-state index in [1.807, 2.05) is 52.1 Å². The van der Waals surface area contributed by atoms with Crippen LogP contribution in [-0.4, -0.2) is 33.2 Å². The van der Waals surface area contributed by atoms with Gasteiger partial charge in [-0.15, -0.1) is 0 Å². The zero-order valence-electron chi connectivity index (χ0n) is 16.8. The van der Waals surface area contributed by atoms with Crippen molar-refractivity contribution in [3.05, 3.63) is 52.0 Å². The number of nitrogens with one attached hydrogen (secondary N) is 2. The quantitative estimate of drug-likeness (QED) is 0.762. The van der Waals surface area contributed by atoms with E-state index in [-0.39, 0.29) is 11.9 Å². The van der Waals surface area contributed by atoms with Crippen molar-refractivity contribution in [3.63, 3.8) is 0 Å². The lowest BCUT2D eigenvalue weighted by molar-refractivity contribution is -0.907. The largest absolute Gasteiger partial charge is 0.493 e. The predicted molar refractivity (Wildman–Crippen MR) is 109 cm³/mol. The molecular formula is C21H28ClN2O3+. The Kier molecular flexibility index (Phi) is 7.11. The first-order valence-corrected chi connectivity index (χ1v) is 9.25. The van der Waals surface area contributed by atoms with E-state index >= 15 is 0 Å². The van der Waals surface area contributed by atoms with Crippen molar-refractivity contribution in [2.45, 2.75) is 33.4 Å². The second kappa shape index (κ2) is 9.11. The molecule has 146 valence electrons. The number of aryl methyl sites for hydroxylation is 2. The molecule has 0 aliphatic rings. The highest BCUT2D eigenvalue weighted by atomic mass is 35.5. The number of ether oxygens (including phenoxy) is 2. The van der Waals surface area contributed by atoms with E-state index in [9.17, 15) is 4.79 Å². The Labute approximate surface area is 166 Å². The molecule has 1 unspecified atom stereocenters. The fourth-order valence-electron chi connectivity index (χ4n) is 2.86. The molecule has 6 heteroatoms. The van der Waals surface area contributed by atoms with Gasteiger partial charge in [0.2, 0.25) is 0 Å². The first-order valence-electron chi connectivity index (χ1n) is 8.87. The van der Waals surface area contributed by atoms with Crippen molar-refractivity contribution in [1.82, 2.24) is 0 Å². The average molecular weight is 392 g/mol. The molecule has 0 bridgehead atoms. The van der Waals surface area contributed by atoms with E-state index in [2.05, 4.69) is 5.32 Å². The van der Waals surface area contributed by atoms with Gasteiger partial charge < -0.3 is 19.7 Å². The molecule has 2 rings (SSSR count). The predicted octanol–water partition coefficient (Wildman–Crippen LogP) is 3.02. The van der Waals surface area contributed by atoms with E-state index in [4.69, 9.17) is 21.1 Å². The number of amides is 1. The standard InChI is InChI=1S/C21H27ClN2O3/c1-13-7-8-17(22)11-18(13)23-21(25)15(3)24(4)12-16-10-20(27-6)19(26-5)9-14(16)2/h7-11,15H,12H2,1-6H3,(H,23,25)/p+1/t15-/m1/s1. The van der Waals surface area contributed by atoms with Crippen LogP contribution in [0.25, 0.3) is 0 Å². The van der Waals surface area contributed by atoms with Crippen LogP contribution in [-0.2, 0) is 11.3 Å². The molecule has 0 radical (unpaired) electrons. The van der Waals surface area contributed by atoms with Crippen LogP contribution in [0.5, 0.6) is 11.5 Å². The van der Waals surface area contributed by atoms with Crippen molar-refractivity contribution in [2.24, 2.45) is 0 Å². The van der Waals surface area contributed by atoms with Crippen LogP contribution >= 0.6 is 11.6 Å². The van der Waals surface area contributed by atoms with E-state index in [0.29, 0.717) is 23.1 Å². The summed E-state index contributed by atoms with van der Waals surface area (Å²) in [7, 11) is 5.25. The van der Waals surface area contributed by atoms with Crippen LogP contribution in [0, 0.1) is 13.8 Å². The van der Waals surface area contributed by atoms with Gasteiger partial charge in [-0.1, -0.05) is 17.7 Å². The number of carbonyl (C=O) groups is 1. The zero-order valence-corrected chi connectivity index (χ0v) is 17.5. The topological polar surface area (TPSA) is 52.0 Å². The lowest BCUT2D eigenvalue weighted by atomic mass is 10.1. The highest BCUT2D eigenvalue weighted by molar-refractivity contribution is 6.31. The SMILES string of the molecule is COc1cc(C)c(C[NH+](C)[C@H](C)C(=O)Nc2cc(Cl)ccc2C)cc1OC. The second-order valence-corrected chi connectivity index (χ2v) is 7.26. The van der Waals surface area contributed by atoms with Gasteiger partial charge in [-0.05, 0) is 56.2 Å². The number of hydrogen-bond acceptors (Lipinski definition) is 3. The van der Waals surface area contributed by atoms with E-state index in [1.54, 1.807) is 20.3 Å². The molecule has 0 fully saturated rings. The molecular weight excluding hydrogens is 364 g/mol. The van der Waals surface area contributed by atoms with E-state index in [0.717, 1.165) is 27.3 Å². The number of anilines is 1. The Bertz CT molecular complexity index is 823. The molecule has 0 aliphatic carbocycles. The smallest absolute Gasteiger partial charge is 0.282 e. The third-order valence-electron chi connectivity index (χ3n) is 4.90. The maximum absolute atomic E-state index is 12.7. The van der Waals surface area contributed by atoms with Crippen LogP contribution in [0.2, 0.25) is 5.02 Å². The van der Waals surface area contributed by atoms with Gasteiger partial charge in [-0.25, -0.2) is 0 Å². The summed E-state index contributed by atoms with van der Waals surface area (Å²) in [5, 5.41) is 3.59. The molecule has 1 amide bonds. The first-order chi connectivity index (χ1) is 12.8. The minimum absolute atomic E-state index is 0.0454. The van der Waals surface area contributed by atoms with Crippen molar-refractivity contribution in [1.29, 1.82) is 0 Å². The van der Waals surface area contributed by atoms with Crippen molar-refractivity contribution >= 4 is 23.2 Å². The molecule has 0 heterocycles. The minimum Gasteiger partial charge on any atom is -0.493 e. The zero-order chi connectivity index (χ0) is 20.1. The molecule has 27 heavy (non-hydrogen) atoms. The number of hydrogen-bond donors (Lipinski definition) is 2. The van der Waals surface area contributed by atoms with Gasteiger partial charge in [0.1, 0.15) is 6.54 Å². The Balaban J connectivity index is 2.12. The van der Waals surface area contributed by atoms with Gasteiger partial charge in [-0.2, -0.15) is 0 Å². The van der Waals surface area contributed by atoms with Crippen molar-refractivity contribution in [2.75, 3.05) is 26.6 Å². The summed E-state index contributed by atoms with van der Waals surface area (Å²) >= 11 is 6.04. The number of rotatable bonds is 7. The van der Waals surface area contributed by atoms with Crippen LogP contribution in [0.1, 0.15) is 23.6 Å². The highest BCUT2D eigenvalue weighted by Gasteiger charge is 2.23. The number of halogens is 1. The fraction of sp³-hybridized carbons (Fsp3) is 0.381. The van der Waals surface area contributed by atoms with Gasteiger partial charge in [0.05, 0.1) is 21.3 Å².